The topological polar surface area (TPSA) is 116 Å². The number of aromatic nitrogens is 4. The van der Waals surface area contributed by atoms with E-state index < -0.39 is 0 Å². The SMILES string of the molecule is COc1ccc(-c2noc(CCCC(=O)Nc3cc(-c4nnco4)ccc3C)n2)cc1. The van der Waals surface area contributed by atoms with Gasteiger partial charge in [-0.1, -0.05) is 11.2 Å². The first-order chi connectivity index (χ1) is 15.1. The molecule has 0 bridgehead atoms. The normalized spacial score (nSPS) is 10.8. The summed E-state index contributed by atoms with van der Waals surface area (Å²) in [6.07, 6.45) is 2.69. The van der Waals surface area contributed by atoms with Crippen LogP contribution in [0.15, 0.2) is 57.8 Å². The average molecular weight is 419 g/mol. The maximum atomic E-state index is 12.4. The molecular formula is C22H21N5O4. The molecule has 0 aliphatic heterocycles. The fourth-order valence-corrected chi connectivity index (χ4v) is 3.02. The molecule has 2 aromatic carbocycles. The van der Waals surface area contributed by atoms with Crippen molar-refractivity contribution in [2.75, 3.05) is 12.4 Å². The highest BCUT2D eigenvalue weighted by Gasteiger charge is 2.12. The van der Waals surface area contributed by atoms with Crippen LogP contribution in [-0.4, -0.2) is 33.4 Å². The van der Waals surface area contributed by atoms with Gasteiger partial charge in [-0.2, -0.15) is 4.98 Å². The van der Waals surface area contributed by atoms with E-state index in [0.29, 0.717) is 42.6 Å². The van der Waals surface area contributed by atoms with E-state index in [2.05, 4.69) is 25.7 Å². The number of ether oxygens (including phenoxy) is 1. The maximum absolute atomic E-state index is 12.4. The molecule has 9 nitrogen and oxygen atoms in total. The Kier molecular flexibility index (Phi) is 6.02. The number of methoxy groups -OCH3 is 1. The standard InChI is InChI=1S/C22H21N5O4/c1-14-6-7-16(22-26-23-13-30-22)12-18(14)24-19(28)4-3-5-20-25-21(27-31-20)15-8-10-17(29-2)11-9-15/h6-13H,3-5H2,1-2H3,(H,24,28). The van der Waals surface area contributed by atoms with Gasteiger partial charge < -0.3 is 19.0 Å². The minimum absolute atomic E-state index is 0.0966. The van der Waals surface area contributed by atoms with Gasteiger partial charge in [0.05, 0.1) is 7.11 Å². The monoisotopic (exact) mass is 419 g/mol. The molecule has 0 saturated heterocycles. The highest BCUT2D eigenvalue weighted by atomic mass is 16.5. The number of aryl methyl sites for hydroxylation is 2. The summed E-state index contributed by atoms with van der Waals surface area (Å²) >= 11 is 0. The number of anilines is 1. The predicted molar refractivity (Wildman–Crippen MR) is 112 cm³/mol. The quantitative estimate of drug-likeness (QED) is 0.454. The van der Waals surface area contributed by atoms with E-state index in [1.54, 1.807) is 7.11 Å². The third kappa shape index (κ3) is 4.95. The second-order valence-corrected chi connectivity index (χ2v) is 6.92. The van der Waals surface area contributed by atoms with E-state index in [1.165, 1.54) is 6.39 Å². The van der Waals surface area contributed by atoms with Crippen LogP contribution < -0.4 is 10.1 Å². The molecular weight excluding hydrogens is 398 g/mol. The zero-order valence-corrected chi connectivity index (χ0v) is 17.2. The van der Waals surface area contributed by atoms with Gasteiger partial charge in [-0.05, 0) is 55.3 Å². The highest BCUT2D eigenvalue weighted by molar-refractivity contribution is 5.92. The first-order valence-corrected chi connectivity index (χ1v) is 9.76. The van der Waals surface area contributed by atoms with E-state index in [9.17, 15) is 4.79 Å². The summed E-state index contributed by atoms with van der Waals surface area (Å²) < 4.78 is 15.7. The lowest BCUT2D eigenvalue weighted by atomic mass is 10.1. The summed E-state index contributed by atoms with van der Waals surface area (Å²) in [7, 11) is 1.61. The third-order valence-corrected chi connectivity index (χ3v) is 4.73. The third-order valence-electron chi connectivity index (χ3n) is 4.73. The van der Waals surface area contributed by atoms with Gasteiger partial charge in [-0.15, -0.1) is 10.2 Å². The van der Waals surface area contributed by atoms with Crippen molar-refractivity contribution < 1.29 is 18.5 Å². The molecule has 0 aliphatic rings. The fraction of sp³-hybridized carbons (Fsp3) is 0.227. The second-order valence-electron chi connectivity index (χ2n) is 6.92. The Morgan fingerprint density at radius 3 is 2.68 bits per heavy atom. The van der Waals surface area contributed by atoms with Gasteiger partial charge in [-0.3, -0.25) is 4.79 Å². The Hall–Kier alpha value is -4.01. The van der Waals surface area contributed by atoms with Crippen molar-refractivity contribution in [3.8, 4) is 28.6 Å². The summed E-state index contributed by atoms with van der Waals surface area (Å²) in [5.41, 5.74) is 3.23. The molecule has 1 N–H and O–H groups in total. The van der Waals surface area contributed by atoms with E-state index in [-0.39, 0.29) is 5.91 Å². The first-order valence-electron chi connectivity index (χ1n) is 9.76. The van der Waals surface area contributed by atoms with Crippen LogP contribution in [0.4, 0.5) is 5.69 Å². The smallest absolute Gasteiger partial charge is 0.247 e. The molecule has 158 valence electrons. The maximum Gasteiger partial charge on any atom is 0.247 e. The van der Waals surface area contributed by atoms with Crippen LogP contribution in [0.2, 0.25) is 0 Å². The number of hydrogen-bond donors (Lipinski definition) is 1. The molecule has 0 saturated carbocycles. The number of rotatable bonds is 8. The molecule has 4 aromatic rings. The number of carbonyl (C=O) groups excluding carboxylic acids is 1. The molecule has 0 atom stereocenters. The minimum atomic E-state index is -0.0966. The largest absolute Gasteiger partial charge is 0.497 e. The lowest BCUT2D eigenvalue weighted by Crippen LogP contribution is -2.12. The van der Waals surface area contributed by atoms with Crippen LogP contribution in [0, 0.1) is 6.92 Å². The fourth-order valence-electron chi connectivity index (χ4n) is 3.02. The molecule has 0 radical (unpaired) electrons. The Labute approximate surface area is 178 Å². The van der Waals surface area contributed by atoms with Crippen LogP contribution in [0.1, 0.15) is 24.3 Å². The van der Waals surface area contributed by atoms with E-state index >= 15 is 0 Å². The van der Waals surface area contributed by atoms with Gasteiger partial charge in [0.1, 0.15) is 5.75 Å². The number of benzene rings is 2. The Morgan fingerprint density at radius 1 is 1.13 bits per heavy atom. The Balaban J connectivity index is 1.31. The molecule has 0 aliphatic carbocycles. The summed E-state index contributed by atoms with van der Waals surface area (Å²) in [6, 6.07) is 13.0. The molecule has 2 aromatic heterocycles. The Bertz CT molecular complexity index is 1150. The van der Waals surface area contributed by atoms with Crippen molar-refractivity contribution in [2.45, 2.75) is 26.2 Å². The van der Waals surface area contributed by atoms with Crippen molar-refractivity contribution in [1.29, 1.82) is 0 Å². The highest BCUT2D eigenvalue weighted by Crippen LogP contribution is 2.24. The van der Waals surface area contributed by atoms with Gasteiger partial charge >= 0.3 is 0 Å². The van der Waals surface area contributed by atoms with Crippen LogP contribution in [0.5, 0.6) is 5.75 Å². The van der Waals surface area contributed by atoms with Gasteiger partial charge in [0, 0.05) is 29.7 Å². The molecule has 0 unspecified atom stereocenters. The number of amides is 1. The molecule has 0 fully saturated rings. The second kappa shape index (κ2) is 9.21. The average Bonchev–Trinajstić information content (AvgIpc) is 3.48. The predicted octanol–water partition coefficient (Wildman–Crippen LogP) is 4.07. The lowest BCUT2D eigenvalue weighted by molar-refractivity contribution is -0.116. The molecule has 2 heterocycles. The van der Waals surface area contributed by atoms with Gasteiger partial charge in [0.15, 0.2) is 0 Å². The Morgan fingerprint density at radius 2 is 1.94 bits per heavy atom. The molecule has 1 amide bonds. The lowest BCUT2D eigenvalue weighted by Gasteiger charge is -2.09. The van der Waals surface area contributed by atoms with E-state index in [0.717, 1.165) is 22.4 Å². The van der Waals surface area contributed by atoms with Crippen molar-refractivity contribution in [3.05, 3.63) is 60.3 Å². The molecule has 31 heavy (non-hydrogen) atoms. The van der Waals surface area contributed by atoms with Crippen molar-refractivity contribution in [3.63, 3.8) is 0 Å². The zero-order chi connectivity index (χ0) is 21.6. The van der Waals surface area contributed by atoms with Gasteiger partial charge in [0.25, 0.3) is 0 Å². The van der Waals surface area contributed by atoms with E-state index in [4.69, 9.17) is 13.7 Å². The van der Waals surface area contributed by atoms with Gasteiger partial charge in [-0.25, -0.2) is 0 Å². The summed E-state index contributed by atoms with van der Waals surface area (Å²) in [6.45, 7) is 1.92. The van der Waals surface area contributed by atoms with Gasteiger partial charge in [0.2, 0.25) is 29.9 Å². The molecule has 4 rings (SSSR count). The zero-order valence-electron chi connectivity index (χ0n) is 17.2. The number of carbonyl (C=O) groups is 1. The number of nitrogens with zero attached hydrogens (tertiary/aromatic N) is 4. The number of nitrogens with one attached hydrogen (secondary N) is 1. The van der Waals surface area contributed by atoms with Crippen LogP contribution in [0.25, 0.3) is 22.8 Å². The molecule has 0 spiro atoms. The molecule has 9 heteroatoms. The van der Waals surface area contributed by atoms with Crippen LogP contribution >= 0.6 is 0 Å². The summed E-state index contributed by atoms with van der Waals surface area (Å²) in [5, 5.41) is 14.5. The summed E-state index contributed by atoms with van der Waals surface area (Å²) in [4.78, 5) is 16.8. The first kappa shape index (κ1) is 20.3. The van der Waals surface area contributed by atoms with Crippen molar-refractivity contribution in [2.24, 2.45) is 0 Å². The number of hydrogen-bond acceptors (Lipinski definition) is 8. The minimum Gasteiger partial charge on any atom is -0.497 e. The van der Waals surface area contributed by atoms with Crippen LogP contribution in [-0.2, 0) is 11.2 Å². The van der Waals surface area contributed by atoms with Crippen molar-refractivity contribution in [1.82, 2.24) is 20.3 Å². The van der Waals surface area contributed by atoms with Crippen molar-refractivity contribution >= 4 is 11.6 Å². The summed E-state index contributed by atoms with van der Waals surface area (Å²) in [5.74, 6) is 2.07. The van der Waals surface area contributed by atoms with Crippen LogP contribution in [0.3, 0.4) is 0 Å². The van der Waals surface area contributed by atoms with E-state index in [1.807, 2.05) is 49.4 Å².